The standard InChI is InChI=1S/C17H14F2N2O2/c1-10-13-5-6-21(9-11-3-4-12(18)7-14(11)19)15(13)8-20-16(10)17(22)23-2/h3-8H,9H2,1-2H3. The van der Waals surface area contributed by atoms with Gasteiger partial charge in [0.15, 0.2) is 5.69 Å². The molecule has 1 aromatic carbocycles. The van der Waals surface area contributed by atoms with Crippen molar-refractivity contribution < 1.29 is 18.3 Å². The number of fused-ring (bicyclic) bond motifs is 1. The molecular formula is C17H14F2N2O2. The molecule has 0 amide bonds. The van der Waals surface area contributed by atoms with Crippen LogP contribution in [0.15, 0.2) is 36.7 Å². The Balaban J connectivity index is 2.03. The van der Waals surface area contributed by atoms with Crippen molar-refractivity contribution >= 4 is 16.9 Å². The van der Waals surface area contributed by atoms with Crippen LogP contribution in [-0.4, -0.2) is 22.6 Å². The number of methoxy groups -OCH3 is 1. The van der Waals surface area contributed by atoms with Crippen molar-refractivity contribution in [1.82, 2.24) is 9.55 Å². The molecule has 4 nitrogen and oxygen atoms in total. The second kappa shape index (κ2) is 5.79. The summed E-state index contributed by atoms with van der Waals surface area (Å²) in [4.78, 5) is 15.8. The number of nitrogens with zero attached hydrogens (tertiary/aromatic N) is 2. The van der Waals surface area contributed by atoms with Gasteiger partial charge < -0.3 is 9.30 Å². The number of hydrogen-bond donors (Lipinski definition) is 0. The smallest absolute Gasteiger partial charge is 0.356 e. The van der Waals surface area contributed by atoms with Gasteiger partial charge in [-0.05, 0) is 24.6 Å². The third-order valence-electron chi connectivity index (χ3n) is 3.82. The van der Waals surface area contributed by atoms with Gasteiger partial charge in [0, 0.05) is 23.2 Å². The summed E-state index contributed by atoms with van der Waals surface area (Å²) in [6.45, 7) is 2.03. The van der Waals surface area contributed by atoms with Gasteiger partial charge in [-0.25, -0.2) is 18.6 Å². The number of hydrogen-bond acceptors (Lipinski definition) is 3. The van der Waals surface area contributed by atoms with Crippen LogP contribution in [0.1, 0.15) is 21.6 Å². The Morgan fingerprint density at radius 2 is 2.09 bits per heavy atom. The second-order valence-corrected chi connectivity index (χ2v) is 5.20. The average Bonchev–Trinajstić information content (AvgIpc) is 2.94. The molecule has 0 aliphatic carbocycles. The summed E-state index contributed by atoms with van der Waals surface area (Å²) in [5, 5.41) is 0.836. The fourth-order valence-corrected chi connectivity index (χ4v) is 2.57. The summed E-state index contributed by atoms with van der Waals surface area (Å²) in [5.41, 5.74) is 2.09. The normalized spacial score (nSPS) is 11.0. The highest BCUT2D eigenvalue weighted by Gasteiger charge is 2.15. The van der Waals surface area contributed by atoms with Crippen molar-refractivity contribution in [2.45, 2.75) is 13.5 Å². The summed E-state index contributed by atoms with van der Waals surface area (Å²) in [6, 6.07) is 5.34. The first kappa shape index (κ1) is 15.1. The first-order valence-corrected chi connectivity index (χ1v) is 6.98. The van der Waals surface area contributed by atoms with Crippen LogP contribution in [0.4, 0.5) is 8.78 Å². The van der Waals surface area contributed by atoms with Crippen LogP contribution < -0.4 is 0 Å². The summed E-state index contributed by atoms with van der Waals surface area (Å²) in [7, 11) is 1.30. The van der Waals surface area contributed by atoms with Gasteiger partial charge in [0.05, 0.1) is 25.4 Å². The SMILES string of the molecule is COC(=O)c1ncc2c(ccn2Cc2ccc(F)cc2F)c1C. The lowest BCUT2D eigenvalue weighted by atomic mass is 10.1. The topological polar surface area (TPSA) is 44.1 Å². The van der Waals surface area contributed by atoms with E-state index in [1.165, 1.54) is 19.2 Å². The third-order valence-corrected chi connectivity index (χ3v) is 3.82. The van der Waals surface area contributed by atoms with Gasteiger partial charge in [-0.1, -0.05) is 6.07 Å². The van der Waals surface area contributed by atoms with Gasteiger partial charge in [0.1, 0.15) is 11.6 Å². The van der Waals surface area contributed by atoms with Crippen LogP contribution in [0, 0.1) is 18.6 Å². The number of carbonyl (C=O) groups is 1. The Labute approximate surface area is 131 Å². The molecule has 0 aliphatic heterocycles. The summed E-state index contributed by atoms with van der Waals surface area (Å²) >= 11 is 0. The molecule has 0 N–H and O–H groups in total. The van der Waals surface area contributed by atoms with Gasteiger partial charge in [0.2, 0.25) is 0 Å². The van der Waals surface area contributed by atoms with Gasteiger partial charge in [-0.15, -0.1) is 0 Å². The Hall–Kier alpha value is -2.76. The molecule has 0 saturated carbocycles. The molecule has 0 saturated heterocycles. The summed E-state index contributed by atoms with van der Waals surface area (Å²) < 4.78 is 33.3. The zero-order valence-electron chi connectivity index (χ0n) is 12.6. The van der Waals surface area contributed by atoms with Crippen molar-refractivity contribution in [3.8, 4) is 0 Å². The van der Waals surface area contributed by atoms with Crippen LogP contribution >= 0.6 is 0 Å². The zero-order chi connectivity index (χ0) is 16.6. The van der Waals surface area contributed by atoms with E-state index in [1.807, 2.05) is 6.07 Å². The Kier molecular flexibility index (Phi) is 3.82. The van der Waals surface area contributed by atoms with Crippen LogP contribution in [0.5, 0.6) is 0 Å². The number of rotatable bonds is 3. The predicted molar refractivity (Wildman–Crippen MR) is 81.3 cm³/mol. The van der Waals surface area contributed by atoms with Crippen LogP contribution in [0.3, 0.4) is 0 Å². The number of aromatic nitrogens is 2. The molecule has 3 aromatic rings. The molecule has 6 heteroatoms. The van der Waals surface area contributed by atoms with E-state index in [-0.39, 0.29) is 12.2 Å². The number of halogens is 2. The lowest BCUT2D eigenvalue weighted by molar-refractivity contribution is 0.0593. The van der Waals surface area contributed by atoms with E-state index < -0.39 is 17.6 Å². The van der Waals surface area contributed by atoms with Crippen molar-refractivity contribution in [1.29, 1.82) is 0 Å². The van der Waals surface area contributed by atoms with Gasteiger partial charge in [-0.2, -0.15) is 0 Å². The molecule has 0 radical (unpaired) electrons. The summed E-state index contributed by atoms with van der Waals surface area (Å²) in [6.07, 6.45) is 3.33. The number of esters is 1. The number of benzene rings is 1. The minimum Gasteiger partial charge on any atom is -0.464 e. The molecule has 0 aliphatic rings. The molecule has 0 fully saturated rings. The van der Waals surface area contributed by atoms with Crippen LogP contribution in [0.25, 0.3) is 10.9 Å². The highest BCUT2D eigenvalue weighted by atomic mass is 19.1. The Morgan fingerprint density at radius 1 is 1.30 bits per heavy atom. The molecule has 0 atom stereocenters. The average molecular weight is 316 g/mol. The maximum Gasteiger partial charge on any atom is 0.356 e. The van der Waals surface area contributed by atoms with Crippen molar-refractivity contribution in [3.05, 3.63) is 65.1 Å². The van der Waals surface area contributed by atoms with E-state index >= 15 is 0 Å². The van der Waals surface area contributed by atoms with Crippen molar-refractivity contribution in [3.63, 3.8) is 0 Å². The minimum absolute atomic E-state index is 0.244. The fourth-order valence-electron chi connectivity index (χ4n) is 2.57. The van der Waals surface area contributed by atoms with Gasteiger partial charge in [-0.3, -0.25) is 0 Å². The van der Waals surface area contributed by atoms with E-state index in [9.17, 15) is 13.6 Å². The van der Waals surface area contributed by atoms with Gasteiger partial charge >= 0.3 is 5.97 Å². The Bertz CT molecular complexity index is 903. The first-order valence-electron chi connectivity index (χ1n) is 6.98. The van der Waals surface area contributed by atoms with E-state index in [1.54, 1.807) is 23.9 Å². The highest BCUT2D eigenvalue weighted by Crippen LogP contribution is 2.23. The number of ether oxygens (including phenoxy) is 1. The monoisotopic (exact) mass is 316 g/mol. The molecule has 2 aromatic heterocycles. The van der Waals surface area contributed by atoms with Gasteiger partial charge in [0.25, 0.3) is 0 Å². The molecular weight excluding hydrogens is 302 g/mol. The predicted octanol–water partition coefficient (Wildman–Crippen LogP) is 3.46. The lowest BCUT2D eigenvalue weighted by Gasteiger charge is -2.09. The number of pyridine rings is 1. The number of carbonyl (C=O) groups excluding carboxylic acids is 1. The molecule has 0 unspecified atom stereocenters. The maximum absolute atomic E-state index is 13.8. The molecule has 3 rings (SSSR count). The van der Waals surface area contributed by atoms with E-state index in [4.69, 9.17) is 4.74 Å². The third kappa shape index (κ3) is 2.67. The van der Waals surface area contributed by atoms with Crippen LogP contribution in [-0.2, 0) is 11.3 Å². The molecule has 118 valence electrons. The maximum atomic E-state index is 13.8. The van der Waals surface area contributed by atoms with E-state index in [0.717, 1.165) is 17.0 Å². The van der Waals surface area contributed by atoms with Crippen LogP contribution in [0.2, 0.25) is 0 Å². The zero-order valence-corrected chi connectivity index (χ0v) is 12.6. The summed E-state index contributed by atoms with van der Waals surface area (Å²) in [5.74, 6) is -1.70. The van der Waals surface area contributed by atoms with Crippen molar-refractivity contribution in [2.75, 3.05) is 7.11 Å². The minimum atomic E-state index is -0.608. The largest absolute Gasteiger partial charge is 0.464 e. The van der Waals surface area contributed by atoms with E-state index in [0.29, 0.717) is 11.1 Å². The fraction of sp³-hybridized carbons (Fsp3) is 0.176. The second-order valence-electron chi connectivity index (χ2n) is 5.20. The van der Waals surface area contributed by atoms with E-state index in [2.05, 4.69) is 4.98 Å². The van der Waals surface area contributed by atoms with Crippen molar-refractivity contribution in [2.24, 2.45) is 0 Å². The first-order chi connectivity index (χ1) is 11.0. The Morgan fingerprint density at radius 3 is 2.78 bits per heavy atom. The molecule has 2 heterocycles. The molecule has 0 bridgehead atoms. The highest BCUT2D eigenvalue weighted by molar-refractivity contribution is 5.95. The molecule has 0 spiro atoms. The quantitative estimate of drug-likeness (QED) is 0.695. The molecule has 23 heavy (non-hydrogen) atoms. The lowest BCUT2D eigenvalue weighted by Crippen LogP contribution is -2.07. The number of aryl methyl sites for hydroxylation is 1.